The highest BCUT2D eigenvalue weighted by Crippen LogP contribution is 2.48. The summed E-state index contributed by atoms with van der Waals surface area (Å²) in [6, 6.07) is 0. The van der Waals surface area contributed by atoms with E-state index in [0.29, 0.717) is 18.3 Å². The van der Waals surface area contributed by atoms with E-state index >= 15 is 0 Å². The van der Waals surface area contributed by atoms with Crippen molar-refractivity contribution < 1.29 is 9.59 Å². The van der Waals surface area contributed by atoms with E-state index in [1.807, 2.05) is 26.8 Å². The lowest BCUT2D eigenvalue weighted by Crippen LogP contribution is -2.63. The van der Waals surface area contributed by atoms with Gasteiger partial charge in [0.15, 0.2) is 0 Å². The maximum absolute atomic E-state index is 13.1. The molecule has 0 aromatic rings. The molecule has 3 unspecified atom stereocenters. The third-order valence-electron chi connectivity index (χ3n) is 4.83. The molecule has 2 N–H and O–H groups in total. The number of hydrogen-bond acceptors (Lipinski definition) is 2. The van der Waals surface area contributed by atoms with Crippen LogP contribution in [0.5, 0.6) is 0 Å². The predicted octanol–water partition coefficient (Wildman–Crippen LogP) is 3.03. The van der Waals surface area contributed by atoms with Crippen molar-refractivity contribution in [1.82, 2.24) is 10.6 Å². The normalized spacial score (nSPS) is 31.6. The van der Waals surface area contributed by atoms with E-state index in [1.165, 1.54) is 6.92 Å². The van der Waals surface area contributed by atoms with Crippen LogP contribution in [-0.4, -0.2) is 22.9 Å². The number of rotatable bonds is 5. The zero-order chi connectivity index (χ0) is 17.1. The van der Waals surface area contributed by atoms with Crippen LogP contribution in [0.1, 0.15) is 60.8 Å². The molecule has 1 aliphatic rings. The van der Waals surface area contributed by atoms with Crippen LogP contribution in [0.4, 0.5) is 0 Å². The number of carbonyl (C=O) groups is 2. The van der Waals surface area contributed by atoms with Gasteiger partial charge in [0, 0.05) is 12.5 Å². The summed E-state index contributed by atoms with van der Waals surface area (Å²) in [4.78, 5) is 24.9. The summed E-state index contributed by atoms with van der Waals surface area (Å²) in [5, 5.41) is 6.08. The molecule has 4 heteroatoms. The Morgan fingerprint density at radius 1 is 1.36 bits per heavy atom. The Morgan fingerprint density at radius 3 is 2.36 bits per heavy atom. The molecule has 1 aliphatic carbocycles. The summed E-state index contributed by atoms with van der Waals surface area (Å²) in [5.74, 6) is 0.677. The van der Waals surface area contributed by atoms with Crippen LogP contribution in [0.15, 0.2) is 12.7 Å². The summed E-state index contributed by atoms with van der Waals surface area (Å²) in [5.41, 5.74) is -1.15. The van der Waals surface area contributed by atoms with Crippen LogP contribution in [0.3, 0.4) is 0 Å². The smallest absolute Gasteiger partial charge is 0.246 e. The maximum Gasteiger partial charge on any atom is 0.246 e. The molecule has 0 aromatic carbocycles. The monoisotopic (exact) mass is 308 g/mol. The highest BCUT2D eigenvalue weighted by atomic mass is 16.2. The van der Waals surface area contributed by atoms with Crippen molar-refractivity contribution in [3.63, 3.8) is 0 Å². The van der Waals surface area contributed by atoms with E-state index in [4.69, 9.17) is 0 Å². The van der Waals surface area contributed by atoms with Crippen LogP contribution in [0.25, 0.3) is 0 Å². The average Bonchev–Trinajstić information content (AvgIpc) is 2.62. The molecular formula is C18H32N2O2. The van der Waals surface area contributed by atoms with E-state index in [2.05, 4.69) is 31.1 Å². The third kappa shape index (κ3) is 3.90. The first-order valence-electron chi connectivity index (χ1n) is 8.29. The minimum absolute atomic E-state index is 0.0650. The average molecular weight is 308 g/mol. The van der Waals surface area contributed by atoms with Gasteiger partial charge in [0.2, 0.25) is 11.8 Å². The second-order valence-corrected chi connectivity index (χ2v) is 7.72. The summed E-state index contributed by atoms with van der Waals surface area (Å²) in [6.45, 7) is 15.6. The highest BCUT2D eigenvalue weighted by molar-refractivity contribution is 5.92. The molecule has 0 aliphatic heterocycles. The Morgan fingerprint density at radius 2 is 1.95 bits per heavy atom. The van der Waals surface area contributed by atoms with Crippen LogP contribution in [0.2, 0.25) is 0 Å². The van der Waals surface area contributed by atoms with Gasteiger partial charge in [-0.1, -0.05) is 26.3 Å². The number of carbonyl (C=O) groups excluding carboxylic acids is 2. The molecule has 22 heavy (non-hydrogen) atoms. The van der Waals surface area contributed by atoms with Gasteiger partial charge in [-0.05, 0) is 51.4 Å². The fraction of sp³-hybridized carbons (Fsp3) is 0.778. The molecule has 0 aromatic heterocycles. The number of amides is 2. The van der Waals surface area contributed by atoms with E-state index in [9.17, 15) is 9.59 Å². The van der Waals surface area contributed by atoms with E-state index in [1.54, 1.807) is 0 Å². The Hall–Kier alpha value is -1.32. The van der Waals surface area contributed by atoms with E-state index in [-0.39, 0.29) is 23.3 Å². The highest BCUT2D eigenvalue weighted by Gasteiger charge is 2.56. The maximum atomic E-state index is 13.1. The first-order valence-corrected chi connectivity index (χ1v) is 8.29. The van der Waals surface area contributed by atoms with Crippen molar-refractivity contribution in [1.29, 1.82) is 0 Å². The van der Waals surface area contributed by atoms with Gasteiger partial charge in [-0.3, -0.25) is 9.59 Å². The van der Waals surface area contributed by atoms with Gasteiger partial charge in [0.25, 0.3) is 0 Å². The standard InChI is InChI=1S/C18H32N2O2/c1-8-10-15-12(3)14(9-2)11-18(15,19-13(4)21)16(22)20-17(5,6)7/h8,12,14-15H,1,9-11H2,2-7H3,(H,19,21)(H,20,22)/t12?,14-,15?,18?/m1/s1. The number of hydrogen-bond donors (Lipinski definition) is 2. The van der Waals surface area contributed by atoms with Gasteiger partial charge >= 0.3 is 0 Å². The van der Waals surface area contributed by atoms with Gasteiger partial charge in [0.1, 0.15) is 5.54 Å². The molecule has 2 amide bonds. The van der Waals surface area contributed by atoms with Crippen molar-refractivity contribution in [2.24, 2.45) is 17.8 Å². The number of nitrogens with one attached hydrogen (secondary N) is 2. The second-order valence-electron chi connectivity index (χ2n) is 7.72. The fourth-order valence-electron chi connectivity index (χ4n) is 3.87. The molecule has 126 valence electrons. The quantitative estimate of drug-likeness (QED) is 0.767. The van der Waals surface area contributed by atoms with E-state index < -0.39 is 5.54 Å². The minimum Gasteiger partial charge on any atom is -0.349 e. The SMILES string of the molecule is C=CCC1C(C)[C@H](CC)CC1(NC(C)=O)C(=O)NC(C)(C)C. The Kier molecular flexibility index (Phi) is 5.82. The van der Waals surface area contributed by atoms with Gasteiger partial charge < -0.3 is 10.6 Å². The summed E-state index contributed by atoms with van der Waals surface area (Å²) in [7, 11) is 0. The molecule has 4 atom stereocenters. The summed E-state index contributed by atoms with van der Waals surface area (Å²) in [6.07, 6.45) is 4.30. The molecule has 0 bridgehead atoms. The molecule has 0 spiro atoms. The second kappa shape index (κ2) is 6.84. The molecule has 1 saturated carbocycles. The zero-order valence-corrected chi connectivity index (χ0v) is 15.0. The first-order chi connectivity index (χ1) is 10.1. The van der Waals surface area contributed by atoms with Crippen LogP contribution >= 0.6 is 0 Å². The van der Waals surface area contributed by atoms with Crippen molar-refractivity contribution in [2.45, 2.75) is 71.9 Å². The molecule has 1 rings (SSSR count). The van der Waals surface area contributed by atoms with Crippen LogP contribution in [-0.2, 0) is 9.59 Å². The lowest BCUT2D eigenvalue weighted by Gasteiger charge is -2.38. The molecule has 0 saturated heterocycles. The third-order valence-corrected chi connectivity index (χ3v) is 4.83. The van der Waals surface area contributed by atoms with E-state index in [0.717, 1.165) is 12.8 Å². The molecular weight excluding hydrogens is 276 g/mol. The topological polar surface area (TPSA) is 58.2 Å². The predicted molar refractivity (Wildman–Crippen MR) is 90.3 cm³/mol. The van der Waals surface area contributed by atoms with Crippen LogP contribution in [0, 0.1) is 17.8 Å². The molecule has 4 nitrogen and oxygen atoms in total. The van der Waals surface area contributed by atoms with Gasteiger partial charge in [0.05, 0.1) is 0 Å². The van der Waals surface area contributed by atoms with Crippen molar-refractivity contribution >= 4 is 11.8 Å². The van der Waals surface area contributed by atoms with Gasteiger partial charge in [-0.15, -0.1) is 6.58 Å². The molecule has 0 heterocycles. The summed E-state index contributed by atoms with van der Waals surface area (Å²) >= 11 is 0. The van der Waals surface area contributed by atoms with Crippen molar-refractivity contribution in [3.05, 3.63) is 12.7 Å². The first kappa shape index (κ1) is 18.7. The summed E-state index contributed by atoms with van der Waals surface area (Å²) < 4.78 is 0. The molecule has 1 fully saturated rings. The molecule has 0 radical (unpaired) electrons. The van der Waals surface area contributed by atoms with Crippen molar-refractivity contribution in [2.75, 3.05) is 0 Å². The number of allylic oxidation sites excluding steroid dienone is 1. The zero-order valence-electron chi connectivity index (χ0n) is 15.0. The van der Waals surface area contributed by atoms with Crippen LogP contribution < -0.4 is 10.6 Å². The minimum atomic E-state index is -0.826. The largest absolute Gasteiger partial charge is 0.349 e. The Bertz CT molecular complexity index is 439. The van der Waals surface area contributed by atoms with Gasteiger partial charge in [-0.25, -0.2) is 0 Å². The Labute approximate surface area is 135 Å². The van der Waals surface area contributed by atoms with Crippen molar-refractivity contribution in [3.8, 4) is 0 Å². The Balaban J connectivity index is 3.25. The van der Waals surface area contributed by atoms with Gasteiger partial charge in [-0.2, -0.15) is 0 Å². The lowest BCUT2D eigenvalue weighted by atomic mass is 9.79. The fourth-order valence-corrected chi connectivity index (χ4v) is 3.87. The lowest BCUT2D eigenvalue weighted by molar-refractivity contribution is -0.136.